The van der Waals surface area contributed by atoms with E-state index in [2.05, 4.69) is 48.3 Å². The van der Waals surface area contributed by atoms with E-state index in [0.29, 0.717) is 0 Å². The van der Waals surface area contributed by atoms with Crippen molar-refractivity contribution in [1.82, 2.24) is 4.98 Å². The maximum Gasteiger partial charge on any atom is -0.108 e. The number of hydrogen-bond acceptors (Lipinski definition) is 0. The molecule has 0 amide bonds. The molecule has 1 aliphatic carbocycles. The molecule has 0 fully saturated rings. The number of aromatic nitrogens is 1. The quantitative estimate of drug-likeness (QED) is 0.649. The fraction of sp³-hybridized carbons (Fsp3) is 0.286. The van der Waals surface area contributed by atoms with Crippen LogP contribution in [0.1, 0.15) is 27.2 Å². The Morgan fingerprint density at radius 1 is 1.22 bits per heavy atom. The molecule has 1 N–H and O–H groups in total. The van der Waals surface area contributed by atoms with Crippen molar-refractivity contribution in [2.45, 2.75) is 27.2 Å². The second-order valence-corrected chi connectivity index (χ2v) is 3.32. The Bertz CT molecular complexity index is 227. The van der Waals surface area contributed by atoms with Gasteiger partial charge in [0.25, 0.3) is 0 Å². The van der Waals surface area contributed by atoms with Crippen LogP contribution in [0, 0.1) is 18.2 Å². The number of allylic oxidation sites excluding steroid dienone is 4. The van der Waals surface area contributed by atoms with Crippen LogP contribution in [-0.4, -0.2) is 9.20 Å². The molecule has 1 aromatic rings. The zero-order valence-electron chi connectivity index (χ0n) is 11.2. The van der Waals surface area contributed by atoms with Crippen molar-refractivity contribution in [1.29, 1.82) is 0 Å². The predicted molar refractivity (Wildman–Crippen MR) is 83.1 cm³/mol. The van der Waals surface area contributed by atoms with E-state index in [4.69, 9.17) is 0 Å². The molecule has 18 heavy (non-hydrogen) atoms. The third-order valence-electron chi connectivity index (χ3n) is 1.03. The molecule has 0 aliphatic heterocycles. The molecule has 1 heterocycles. The van der Waals surface area contributed by atoms with E-state index in [0.717, 1.165) is 6.42 Å². The van der Waals surface area contributed by atoms with Crippen LogP contribution >= 0.6 is 24.8 Å². The molecule has 0 atom stereocenters. The second-order valence-electron chi connectivity index (χ2n) is 3.32. The van der Waals surface area contributed by atoms with Crippen molar-refractivity contribution in [2.75, 3.05) is 0 Å². The average Bonchev–Trinajstić information content (AvgIpc) is 2.99. The molecule has 0 unspecified atom stereocenters. The number of rotatable bonds is 0. The number of aromatic amines is 1. The predicted octanol–water partition coefficient (Wildman–Crippen LogP) is 4.55. The number of H-pyrrole nitrogens is 1. The van der Waals surface area contributed by atoms with Gasteiger partial charge in [-0.25, -0.2) is 12.2 Å². The molecule has 0 radical (unpaired) electrons. The Labute approximate surface area is 139 Å². The molecule has 0 spiro atoms. The Hall–Kier alpha value is 0.0931. The van der Waals surface area contributed by atoms with Gasteiger partial charge < -0.3 is 10.9 Å². The first kappa shape index (κ1) is 26.6. The average molecular weight is 366 g/mol. The summed E-state index contributed by atoms with van der Waals surface area (Å²) in [4.78, 5) is 2.74. The minimum absolute atomic E-state index is 0. The van der Waals surface area contributed by atoms with Crippen LogP contribution in [0.3, 0.4) is 0 Å². The normalized spacial score (nSPS) is 9.28. The van der Waals surface area contributed by atoms with Gasteiger partial charge in [0.2, 0.25) is 0 Å². The first-order valence-electron chi connectivity index (χ1n) is 5.06. The molecule has 1 aliphatic rings. The van der Waals surface area contributed by atoms with E-state index in [1.807, 2.05) is 30.5 Å². The zero-order valence-corrected chi connectivity index (χ0v) is 15.3. The van der Waals surface area contributed by atoms with Crippen molar-refractivity contribution in [3.8, 4) is 0 Å². The van der Waals surface area contributed by atoms with Gasteiger partial charge in [0, 0.05) is 0 Å². The third-order valence-corrected chi connectivity index (χ3v) is 1.03. The summed E-state index contributed by atoms with van der Waals surface area (Å²) < 4.78 is 3.34. The van der Waals surface area contributed by atoms with E-state index in [1.54, 1.807) is 0 Å². The number of halogens is 2. The standard InChI is InChI=1S/C5H5.C4H4N.C4H9.CH2.2ClH.Zr/c2*1-2-4-5-3-1;1-4(2)3;;;;/h1-3H,4H2;1-3,5H;1-3H3;1H2;2*1H;/q3*-1;;;;. The monoisotopic (exact) mass is 364 g/mol. The largest absolute Gasteiger partial charge is 0.484 e. The van der Waals surface area contributed by atoms with Gasteiger partial charge >= 0.3 is 28.4 Å². The molecular formula is C14H22Cl2NZr-3. The van der Waals surface area contributed by atoms with Gasteiger partial charge in [-0.3, -0.25) is 6.08 Å². The van der Waals surface area contributed by atoms with Crippen molar-refractivity contribution < 1.29 is 24.2 Å². The van der Waals surface area contributed by atoms with E-state index in [-0.39, 0.29) is 24.8 Å². The summed E-state index contributed by atoms with van der Waals surface area (Å²) in [5.74, 6) is 1.42. The Morgan fingerprint density at radius 3 is 1.89 bits per heavy atom. The molecular weight excluding hydrogens is 344 g/mol. The van der Waals surface area contributed by atoms with E-state index in [9.17, 15) is 0 Å². The summed E-state index contributed by atoms with van der Waals surface area (Å²) in [6.07, 6.45) is 14.6. The molecule has 0 saturated heterocycles. The molecule has 1 aromatic heterocycles. The van der Waals surface area contributed by atoms with Crippen LogP contribution in [0.25, 0.3) is 0 Å². The maximum atomic E-state index is 3.34. The molecule has 0 bridgehead atoms. The smallest absolute Gasteiger partial charge is 0.108 e. The molecule has 4 heteroatoms. The van der Waals surface area contributed by atoms with Crippen LogP contribution in [0.4, 0.5) is 0 Å². The fourth-order valence-corrected chi connectivity index (χ4v) is 0.581. The molecule has 1 nitrogen and oxygen atoms in total. The van der Waals surface area contributed by atoms with Crippen molar-refractivity contribution >= 4 is 29.0 Å². The Morgan fingerprint density at radius 2 is 1.78 bits per heavy atom. The van der Waals surface area contributed by atoms with E-state index >= 15 is 0 Å². The first-order chi connectivity index (χ1) is 7.73. The van der Waals surface area contributed by atoms with Gasteiger partial charge in [0.05, 0.1) is 0 Å². The van der Waals surface area contributed by atoms with E-state index in [1.165, 1.54) is 30.2 Å². The van der Waals surface area contributed by atoms with Crippen LogP contribution < -0.4 is 0 Å². The molecule has 0 aromatic carbocycles. The SMILES string of the molecule is C[C-](C)C.Cl.Cl.[C-]1=CC=CC1.[CH2]=[Zr].[c-]1ccc[nH]1. The Balaban J connectivity index is -0.0000000732. The van der Waals surface area contributed by atoms with Crippen LogP contribution in [0.5, 0.6) is 0 Å². The van der Waals surface area contributed by atoms with Crippen molar-refractivity contribution in [3.05, 3.63) is 54.7 Å². The van der Waals surface area contributed by atoms with Crippen LogP contribution in [0.2, 0.25) is 0 Å². The molecule has 0 saturated carbocycles. The van der Waals surface area contributed by atoms with Crippen molar-refractivity contribution in [2.24, 2.45) is 0 Å². The number of nitrogens with one attached hydrogen (secondary N) is 1. The summed E-state index contributed by atoms with van der Waals surface area (Å²) in [7, 11) is 0. The summed E-state index contributed by atoms with van der Waals surface area (Å²) in [5, 5.41) is 0. The molecule has 2 rings (SSSR count). The summed E-state index contributed by atoms with van der Waals surface area (Å²) >= 11 is 1.30. The van der Waals surface area contributed by atoms with Crippen molar-refractivity contribution in [3.63, 3.8) is 0 Å². The zero-order chi connectivity index (χ0) is 12.6. The summed E-state index contributed by atoms with van der Waals surface area (Å²) in [5.41, 5.74) is 0. The van der Waals surface area contributed by atoms with Gasteiger partial charge in [-0.05, 0) is 0 Å². The minimum Gasteiger partial charge on any atom is -0.484 e. The van der Waals surface area contributed by atoms with E-state index < -0.39 is 0 Å². The fourth-order valence-electron chi connectivity index (χ4n) is 0.581. The van der Waals surface area contributed by atoms with Gasteiger partial charge in [0.1, 0.15) is 0 Å². The molecule has 104 valence electrons. The summed E-state index contributed by atoms with van der Waals surface area (Å²) in [6, 6.07) is 3.71. The van der Waals surface area contributed by atoms with Crippen LogP contribution in [-0.2, 0) is 24.2 Å². The summed E-state index contributed by atoms with van der Waals surface area (Å²) in [6.45, 7) is 6.25. The van der Waals surface area contributed by atoms with Gasteiger partial charge in [-0.1, -0.05) is 0 Å². The maximum absolute atomic E-state index is 3.34. The first-order valence-corrected chi connectivity index (χ1v) is 6.80. The number of hydrogen-bond donors (Lipinski definition) is 1. The van der Waals surface area contributed by atoms with Gasteiger partial charge in [0.15, 0.2) is 0 Å². The third kappa shape index (κ3) is 36.0. The topological polar surface area (TPSA) is 15.8 Å². The van der Waals surface area contributed by atoms with Crippen LogP contribution in [0.15, 0.2) is 36.6 Å². The minimum atomic E-state index is 0. The van der Waals surface area contributed by atoms with Gasteiger partial charge in [-0.2, -0.15) is 45.2 Å². The Kier molecular flexibility index (Phi) is 38.2. The van der Waals surface area contributed by atoms with Gasteiger partial charge in [-0.15, -0.1) is 37.4 Å². The second kappa shape index (κ2) is 25.8.